The van der Waals surface area contributed by atoms with E-state index in [1.54, 1.807) is 0 Å². The zero-order valence-corrected chi connectivity index (χ0v) is 28.4. The molecule has 248 valence electrons. The molecule has 0 aromatic carbocycles. The fraction of sp³-hybridized carbons (Fsp3) is 0.895. The molecule has 0 aliphatic rings. The van der Waals surface area contributed by atoms with Crippen molar-refractivity contribution < 1.29 is 19.1 Å². The van der Waals surface area contributed by atoms with Crippen molar-refractivity contribution in [1.29, 1.82) is 0 Å². The summed E-state index contributed by atoms with van der Waals surface area (Å²) in [7, 11) is 0. The molecule has 0 aliphatic heterocycles. The molecule has 0 atom stereocenters. The summed E-state index contributed by atoms with van der Waals surface area (Å²) in [5, 5.41) is 0. The molecular weight excluding hydrogens is 520 g/mol. The van der Waals surface area contributed by atoms with Gasteiger partial charge in [-0.2, -0.15) is 0 Å². The van der Waals surface area contributed by atoms with Crippen LogP contribution in [0.2, 0.25) is 0 Å². The van der Waals surface area contributed by atoms with E-state index in [0.29, 0.717) is 13.2 Å². The van der Waals surface area contributed by atoms with Gasteiger partial charge in [0.2, 0.25) is 0 Å². The minimum Gasteiger partial charge on any atom is -0.463 e. The van der Waals surface area contributed by atoms with E-state index < -0.39 is 11.9 Å². The Balaban J connectivity index is 3.33. The van der Waals surface area contributed by atoms with Gasteiger partial charge in [-0.3, -0.25) is 0 Å². The molecule has 4 heteroatoms. The predicted octanol–water partition coefficient (Wildman–Crippen LogP) is 12.4. The lowest BCUT2D eigenvalue weighted by atomic mass is 10.0. The fourth-order valence-electron chi connectivity index (χ4n) is 5.52. The Morgan fingerprint density at radius 2 is 0.524 bits per heavy atom. The van der Waals surface area contributed by atoms with Crippen molar-refractivity contribution >= 4 is 11.9 Å². The predicted molar refractivity (Wildman–Crippen MR) is 181 cm³/mol. The second-order valence-electron chi connectivity index (χ2n) is 12.6. The summed E-state index contributed by atoms with van der Waals surface area (Å²) in [6.45, 7) is 5.40. The highest BCUT2D eigenvalue weighted by Gasteiger charge is 2.02. The molecular formula is C38H72O4. The van der Waals surface area contributed by atoms with Crippen LogP contribution in [0.3, 0.4) is 0 Å². The first kappa shape index (κ1) is 40.7. The maximum atomic E-state index is 11.8. The van der Waals surface area contributed by atoms with Gasteiger partial charge in [0.05, 0.1) is 13.2 Å². The Hall–Kier alpha value is -1.32. The number of carbonyl (C=O) groups is 2. The summed E-state index contributed by atoms with van der Waals surface area (Å²) >= 11 is 0. The second kappa shape index (κ2) is 35.9. The summed E-state index contributed by atoms with van der Waals surface area (Å²) in [6, 6.07) is 0. The second-order valence-corrected chi connectivity index (χ2v) is 12.6. The van der Waals surface area contributed by atoms with E-state index in [1.165, 1.54) is 179 Å². The first-order valence-electron chi connectivity index (χ1n) is 18.7. The summed E-state index contributed by atoms with van der Waals surface area (Å²) in [5.41, 5.74) is 0. The molecule has 0 radical (unpaired) electrons. The van der Waals surface area contributed by atoms with Gasteiger partial charge in [0.25, 0.3) is 0 Å². The number of ether oxygens (including phenoxy) is 2. The highest BCUT2D eigenvalue weighted by Crippen LogP contribution is 2.15. The van der Waals surface area contributed by atoms with Crippen LogP contribution in [0.1, 0.15) is 206 Å². The van der Waals surface area contributed by atoms with E-state index >= 15 is 0 Å². The molecule has 0 bridgehead atoms. The SMILES string of the molecule is CCCCCCCCCCCCCCCCCCOC(=O)C=CC(=O)OCCCCCCCCCCCCCCCC. The van der Waals surface area contributed by atoms with Gasteiger partial charge < -0.3 is 9.47 Å². The Kier molecular flexibility index (Phi) is 34.7. The highest BCUT2D eigenvalue weighted by atomic mass is 16.5. The van der Waals surface area contributed by atoms with Crippen LogP contribution in [0.4, 0.5) is 0 Å². The molecule has 0 aliphatic carbocycles. The van der Waals surface area contributed by atoms with Crippen molar-refractivity contribution in [1.82, 2.24) is 0 Å². The number of hydrogen-bond acceptors (Lipinski definition) is 4. The van der Waals surface area contributed by atoms with Gasteiger partial charge >= 0.3 is 11.9 Å². The third kappa shape index (κ3) is 34.9. The lowest BCUT2D eigenvalue weighted by Gasteiger charge is -2.04. The van der Waals surface area contributed by atoms with E-state index in [1.807, 2.05) is 0 Å². The van der Waals surface area contributed by atoms with Crippen molar-refractivity contribution in [2.24, 2.45) is 0 Å². The highest BCUT2D eigenvalue weighted by molar-refractivity contribution is 5.91. The summed E-state index contributed by atoms with van der Waals surface area (Å²) in [5.74, 6) is -0.909. The fourth-order valence-corrected chi connectivity index (χ4v) is 5.52. The van der Waals surface area contributed by atoms with Crippen molar-refractivity contribution in [2.45, 2.75) is 206 Å². The molecule has 0 rings (SSSR count). The lowest BCUT2D eigenvalue weighted by molar-refractivity contribution is -0.140. The van der Waals surface area contributed by atoms with Crippen LogP contribution < -0.4 is 0 Å². The van der Waals surface area contributed by atoms with Gasteiger partial charge in [-0.15, -0.1) is 0 Å². The van der Waals surface area contributed by atoms with E-state index in [4.69, 9.17) is 9.47 Å². The van der Waals surface area contributed by atoms with Crippen LogP contribution in [-0.4, -0.2) is 25.2 Å². The smallest absolute Gasteiger partial charge is 0.331 e. The quantitative estimate of drug-likeness (QED) is 0.0423. The third-order valence-corrected chi connectivity index (χ3v) is 8.34. The average molecular weight is 593 g/mol. The number of rotatable bonds is 34. The number of hydrogen-bond donors (Lipinski definition) is 0. The molecule has 42 heavy (non-hydrogen) atoms. The van der Waals surface area contributed by atoms with Gasteiger partial charge in [0.1, 0.15) is 0 Å². The van der Waals surface area contributed by atoms with E-state index in [-0.39, 0.29) is 0 Å². The zero-order chi connectivity index (χ0) is 30.6. The molecule has 4 nitrogen and oxygen atoms in total. The first-order valence-corrected chi connectivity index (χ1v) is 18.7. The topological polar surface area (TPSA) is 52.6 Å². The monoisotopic (exact) mass is 593 g/mol. The third-order valence-electron chi connectivity index (χ3n) is 8.34. The summed E-state index contributed by atoms with van der Waals surface area (Å²) < 4.78 is 10.4. The maximum Gasteiger partial charge on any atom is 0.331 e. The van der Waals surface area contributed by atoms with Crippen LogP contribution in [-0.2, 0) is 19.1 Å². The Morgan fingerprint density at radius 1 is 0.333 bits per heavy atom. The van der Waals surface area contributed by atoms with Crippen LogP contribution in [0.25, 0.3) is 0 Å². The van der Waals surface area contributed by atoms with Crippen LogP contribution in [0.15, 0.2) is 12.2 Å². The molecule has 0 saturated heterocycles. The van der Waals surface area contributed by atoms with Gasteiger partial charge in [-0.1, -0.05) is 194 Å². The van der Waals surface area contributed by atoms with Gasteiger partial charge in [-0.25, -0.2) is 9.59 Å². The van der Waals surface area contributed by atoms with E-state index in [0.717, 1.165) is 25.7 Å². The zero-order valence-electron chi connectivity index (χ0n) is 28.4. The molecule has 0 fully saturated rings. The van der Waals surface area contributed by atoms with Gasteiger partial charge in [0.15, 0.2) is 0 Å². The van der Waals surface area contributed by atoms with Gasteiger partial charge in [-0.05, 0) is 12.8 Å². The summed E-state index contributed by atoms with van der Waals surface area (Å²) in [4.78, 5) is 23.6. The number of carbonyl (C=O) groups excluding carboxylic acids is 2. The molecule has 0 spiro atoms. The lowest BCUT2D eigenvalue weighted by Crippen LogP contribution is -2.06. The van der Waals surface area contributed by atoms with Crippen LogP contribution in [0, 0.1) is 0 Å². The first-order chi connectivity index (χ1) is 20.7. The van der Waals surface area contributed by atoms with Gasteiger partial charge in [0, 0.05) is 12.2 Å². The molecule has 0 N–H and O–H groups in total. The molecule has 0 unspecified atom stereocenters. The van der Waals surface area contributed by atoms with Crippen molar-refractivity contribution in [3.63, 3.8) is 0 Å². The molecule has 0 heterocycles. The summed E-state index contributed by atoms with van der Waals surface area (Å²) in [6.07, 6.45) is 41.8. The molecule has 0 amide bonds. The van der Waals surface area contributed by atoms with E-state index in [9.17, 15) is 9.59 Å². The minimum absolute atomic E-state index is 0.426. The van der Waals surface area contributed by atoms with Crippen molar-refractivity contribution in [3.8, 4) is 0 Å². The minimum atomic E-state index is -0.455. The van der Waals surface area contributed by atoms with Crippen molar-refractivity contribution in [2.75, 3.05) is 13.2 Å². The largest absolute Gasteiger partial charge is 0.463 e. The van der Waals surface area contributed by atoms with Crippen LogP contribution in [0.5, 0.6) is 0 Å². The average Bonchev–Trinajstić information content (AvgIpc) is 2.99. The van der Waals surface area contributed by atoms with E-state index in [2.05, 4.69) is 13.8 Å². The molecule has 0 aromatic heterocycles. The maximum absolute atomic E-state index is 11.8. The normalized spacial score (nSPS) is 11.4. The standard InChI is InChI=1S/C38H72O4/c1-3-5-7-9-11-13-15-17-19-20-22-24-26-28-30-32-36-42-38(40)34-33-37(39)41-35-31-29-27-25-23-21-18-16-14-12-10-8-6-4-2/h33-34H,3-32,35-36H2,1-2H3. The number of unbranched alkanes of at least 4 members (excludes halogenated alkanes) is 28. The van der Waals surface area contributed by atoms with Crippen LogP contribution >= 0.6 is 0 Å². The Labute approximate surface area is 262 Å². The molecule has 0 aromatic rings. The Bertz CT molecular complexity index is 586. The number of esters is 2. The Morgan fingerprint density at radius 3 is 0.738 bits per heavy atom. The molecule has 0 saturated carbocycles. The van der Waals surface area contributed by atoms with Crippen molar-refractivity contribution in [3.05, 3.63) is 12.2 Å².